The number of unbranched alkanes of at least 4 members (excludes halogenated alkanes) is 1. The van der Waals surface area contributed by atoms with Crippen molar-refractivity contribution in [2.75, 3.05) is 0 Å². The smallest absolute Gasteiger partial charge is 0.343 e. The van der Waals surface area contributed by atoms with Crippen LogP contribution in [0.15, 0.2) is 119 Å². The predicted molar refractivity (Wildman–Crippen MR) is 166 cm³/mol. The Kier molecular flexibility index (Phi) is 11.7. The third kappa shape index (κ3) is 10.5. The fourth-order valence-corrected chi connectivity index (χ4v) is 3.84. The van der Waals surface area contributed by atoms with Crippen molar-refractivity contribution in [1.82, 2.24) is 10.9 Å². The molecule has 0 aliphatic rings. The van der Waals surface area contributed by atoms with Crippen molar-refractivity contribution < 1.29 is 28.7 Å². The van der Waals surface area contributed by atoms with E-state index in [1.165, 1.54) is 12.4 Å². The first kappa shape index (κ1) is 31.0. The molecule has 0 unspecified atom stereocenters. The van der Waals surface area contributed by atoms with Crippen LogP contribution in [0.25, 0.3) is 0 Å². The molecule has 0 heterocycles. The molecule has 0 atom stereocenters. The van der Waals surface area contributed by atoms with Crippen LogP contribution in [-0.2, 0) is 9.59 Å². The Hall–Kier alpha value is -5.90. The first-order valence-electron chi connectivity index (χ1n) is 13.8. The number of ether oxygens (including phenoxy) is 2. The molecule has 10 nitrogen and oxygen atoms in total. The molecule has 4 aromatic rings. The van der Waals surface area contributed by atoms with Gasteiger partial charge in [0.05, 0.1) is 23.6 Å². The number of hydrogen-bond acceptors (Lipinski definition) is 8. The lowest BCUT2D eigenvalue weighted by atomic mass is 10.2. The number of esters is 2. The summed E-state index contributed by atoms with van der Waals surface area (Å²) in [6.45, 7) is 0. The summed E-state index contributed by atoms with van der Waals surface area (Å²) in [4.78, 5) is 48.7. The van der Waals surface area contributed by atoms with Crippen molar-refractivity contribution in [2.45, 2.75) is 25.7 Å². The van der Waals surface area contributed by atoms with Gasteiger partial charge in [0.15, 0.2) is 0 Å². The summed E-state index contributed by atoms with van der Waals surface area (Å²) in [6, 6.07) is 30.8. The lowest BCUT2D eigenvalue weighted by Gasteiger charge is -2.05. The third-order valence-corrected chi connectivity index (χ3v) is 6.02. The van der Waals surface area contributed by atoms with Gasteiger partial charge < -0.3 is 9.47 Å². The number of rotatable bonds is 13. The number of nitrogens with zero attached hydrogens (tertiary/aromatic N) is 2. The number of nitrogens with one attached hydrogen (secondary N) is 2. The van der Waals surface area contributed by atoms with Gasteiger partial charge in [-0.25, -0.2) is 20.4 Å². The summed E-state index contributed by atoms with van der Waals surface area (Å²) in [5.41, 5.74) is 7.06. The minimum atomic E-state index is -0.470. The Balaban J connectivity index is 1.11. The van der Waals surface area contributed by atoms with Crippen LogP contribution in [0.3, 0.4) is 0 Å². The standard InChI is InChI=1S/C34H30N4O6/c39-31(37-35-23-25-11-9-17-29(21-25)43-33(41)27-13-3-1-4-14-27)19-7-8-20-32(40)38-36-24-26-12-10-18-30(22-26)44-34(42)28-15-5-2-6-16-28/h1-6,9-18,21-24H,7-8,19-20H2,(H,37,39)(H,38,40). The molecule has 0 aromatic heterocycles. The fourth-order valence-electron chi connectivity index (χ4n) is 3.84. The number of carbonyl (C=O) groups is 4. The van der Waals surface area contributed by atoms with Gasteiger partial charge in [-0.15, -0.1) is 0 Å². The van der Waals surface area contributed by atoms with Gasteiger partial charge in [0.1, 0.15) is 11.5 Å². The molecular weight excluding hydrogens is 560 g/mol. The van der Waals surface area contributed by atoms with Gasteiger partial charge in [0.2, 0.25) is 11.8 Å². The van der Waals surface area contributed by atoms with Crippen LogP contribution < -0.4 is 20.3 Å². The molecule has 0 radical (unpaired) electrons. The van der Waals surface area contributed by atoms with Crippen molar-refractivity contribution in [3.63, 3.8) is 0 Å². The van der Waals surface area contributed by atoms with Crippen molar-refractivity contribution in [1.29, 1.82) is 0 Å². The highest BCUT2D eigenvalue weighted by molar-refractivity contribution is 5.92. The second-order valence-electron chi connectivity index (χ2n) is 9.45. The number of benzene rings is 4. The van der Waals surface area contributed by atoms with E-state index < -0.39 is 11.9 Å². The van der Waals surface area contributed by atoms with Gasteiger partial charge in [-0.05, 0) is 72.5 Å². The van der Waals surface area contributed by atoms with E-state index in [0.29, 0.717) is 46.6 Å². The Morgan fingerprint density at radius 2 is 0.955 bits per heavy atom. The first-order chi connectivity index (χ1) is 21.5. The largest absolute Gasteiger partial charge is 0.423 e. The average Bonchev–Trinajstić information content (AvgIpc) is 3.04. The summed E-state index contributed by atoms with van der Waals surface area (Å²) in [6.07, 6.45) is 4.25. The Morgan fingerprint density at radius 1 is 0.545 bits per heavy atom. The maximum atomic E-state index is 12.2. The van der Waals surface area contributed by atoms with E-state index in [9.17, 15) is 19.2 Å². The summed E-state index contributed by atoms with van der Waals surface area (Å²) in [7, 11) is 0. The van der Waals surface area contributed by atoms with Crippen LogP contribution >= 0.6 is 0 Å². The van der Waals surface area contributed by atoms with E-state index in [4.69, 9.17) is 9.47 Å². The van der Waals surface area contributed by atoms with Crippen LogP contribution in [-0.4, -0.2) is 36.2 Å². The molecule has 0 spiro atoms. The quantitative estimate of drug-likeness (QED) is 0.0715. The summed E-state index contributed by atoms with van der Waals surface area (Å²) in [5.74, 6) is -0.813. The van der Waals surface area contributed by atoms with Gasteiger partial charge in [-0.3, -0.25) is 9.59 Å². The van der Waals surface area contributed by atoms with E-state index in [1.807, 2.05) is 12.1 Å². The monoisotopic (exact) mass is 590 g/mol. The lowest BCUT2D eigenvalue weighted by molar-refractivity contribution is -0.123. The molecule has 0 aliphatic carbocycles. The van der Waals surface area contributed by atoms with Crippen LogP contribution in [0, 0.1) is 0 Å². The number of amides is 2. The fraction of sp³-hybridized carbons (Fsp3) is 0.118. The van der Waals surface area contributed by atoms with Crippen molar-refractivity contribution in [2.24, 2.45) is 10.2 Å². The highest BCUT2D eigenvalue weighted by Gasteiger charge is 2.09. The summed E-state index contributed by atoms with van der Waals surface area (Å²) >= 11 is 0. The maximum absolute atomic E-state index is 12.2. The second-order valence-corrected chi connectivity index (χ2v) is 9.45. The first-order valence-corrected chi connectivity index (χ1v) is 13.8. The molecule has 0 saturated heterocycles. The van der Waals surface area contributed by atoms with Gasteiger partial charge in [0.25, 0.3) is 0 Å². The molecule has 2 N–H and O–H groups in total. The molecule has 0 bridgehead atoms. The van der Waals surface area contributed by atoms with Crippen LogP contribution in [0.4, 0.5) is 0 Å². The molecule has 44 heavy (non-hydrogen) atoms. The van der Waals surface area contributed by atoms with Crippen molar-refractivity contribution >= 4 is 36.2 Å². The van der Waals surface area contributed by atoms with Crippen molar-refractivity contribution in [3.8, 4) is 11.5 Å². The van der Waals surface area contributed by atoms with E-state index in [1.54, 1.807) is 97.1 Å². The Morgan fingerprint density at radius 3 is 1.36 bits per heavy atom. The number of hydrazone groups is 2. The van der Waals surface area contributed by atoms with E-state index in [2.05, 4.69) is 21.1 Å². The topological polar surface area (TPSA) is 136 Å². The van der Waals surface area contributed by atoms with Crippen LogP contribution in [0.5, 0.6) is 11.5 Å². The van der Waals surface area contributed by atoms with Crippen LogP contribution in [0.2, 0.25) is 0 Å². The van der Waals surface area contributed by atoms with E-state index in [-0.39, 0.29) is 24.7 Å². The lowest BCUT2D eigenvalue weighted by Crippen LogP contribution is -2.19. The highest BCUT2D eigenvalue weighted by atomic mass is 16.5. The Bertz CT molecular complexity index is 1520. The normalized spacial score (nSPS) is 10.8. The minimum absolute atomic E-state index is 0.192. The molecule has 0 fully saturated rings. The predicted octanol–water partition coefficient (Wildman–Crippen LogP) is 5.29. The zero-order valence-corrected chi connectivity index (χ0v) is 23.7. The van der Waals surface area contributed by atoms with Crippen LogP contribution in [0.1, 0.15) is 57.5 Å². The summed E-state index contributed by atoms with van der Waals surface area (Å²) in [5, 5.41) is 7.90. The second kappa shape index (κ2) is 16.5. The molecule has 0 aliphatic heterocycles. The average molecular weight is 591 g/mol. The van der Waals surface area contributed by atoms with Gasteiger partial charge in [-0.1, -0.05) is 60.7 Å². The van der Waals surface area contributed by atoms with E-state index >= 15 is 0 Å². The molecular formula is C34H30N4O6. The molecule has 2 amide bonds. The van der Waals surface area contributed by atoms with Gasteiger partial charge >= 0.3 is 11.9 Å². The molecule has 10 heteroatoms. The minimum Gasteiger partial charge on any atom is -0.423 e. The number of carbonyl (C=O) groups excluding carboxylic acids is 4. The maximum Gasteiger partial charge on any atom is 0.343 e. The Labute approximate surface area is 254 Å². The SMILES string of the molecule is O=C(CCCCC(=O)NN=Cc1cccc(OC(=O)c2ccccc2)c1)NN=Cc1cccc(OC(=O)c2ccccc2)c1. The highest BCUT2D eigenvalue weighted by Crippen LogP contribution is 2.15. The van der Waals surface area contributed by atoms with Gasteiger partial charge in [-0.2, -0.15) is 10.2 Å². The molecule has 0 saturated carbocycles. The van der Waals surface area contributed by atoms with Crippen molar-refractivity contribution in [3.05, 3.63) is 131 Å². The van der Waals surface area contributed by atoms with E-state index in [0.717, 1.165) is 0 Å². The third-order valence-electron chi connectivity index (χ3n) is 6.02. The zero-order chi connectivity index (χ0) is 31.0. The zero-order valence-electron chi connectivity index (χ0n) is 23.7. The number of hydrogen-bond donors (Lipinski definition) is 2. The molecule has 222 valence electrons. The molecule has 4 aromatic carbocycles. The van der Waals surface area contributed by atoms with Gasteiger partial charge in [0, 0.05) is 12.8 Å². The molecule has 4 rings (SSSR count). The summed E-state index contributed by atoms with van der Waals surface area (Å²) < 4.78 is 10.8.